The van der Waals surface area contributed by atoms with E-state index in [-0.39, 0.29) is 11.1 Å². The lowest BCUT2D eigenvalue weighted by Gasteiger charge is -2.07. The van der Waals surface area contributed by atoms with E-state index < -0.39 is 23.5 Å². The lowest BCUT2D eigenvalue weighted by molar-refractivity contribution is -0.137. The first kappa shape index (κ1) is 15.7. The molecule has 0 aliphatic rings. The molecule has 0 unspecified atom stereocenters. The van der Waals surface area contributed by atoms with Gasteiger partial charge in [-0.05, 0) is 24.3 Å². The molecule has 0 saturated heterocycles. The highest BCUT2D eigenvalue weighted by atomic mass is 19.4. The Balaban J connectivity index is 2.09. The number of nitrogens with zero attached hydrogens (tertiary/aromatic N) is 1. The molecule has 0 aromatic heterocycles. The van der Waals surface area contributed by atoms with Gasteiger partial charge in [0.1, 0.15) is 5.82 Å². The highest BCUT2D eigenvalue weighted by Gasteiger charge is 2.30. The Hall–Kier alpha value is -2.70. The molecule has 1 amide bonds. The van der Waals surface area contributed by atoms with E-state index in [1.54, 1.807) is 6.07 Å². The van der Waals surface area contributed by atoms with Crippen LogP contribution in [0.3, 0.4) is 0 Å². The van der Waals surface area contributed by atoms with Crippen molar-refractivity contribution >= 4 is 12.1 Å². The summed E-state index contributed by atoms with van der Waals surface area (Å²) in [4.78, 5) is 11.7. The van der Waals surface area contributed by atoms with Crippen molar-refractivity contribution in [3.8, 4) is 0 Å². The molecule has 2 rings (SSSR count). The van der Waals surface area contributed by atoms with Gasteiger partial charge in [-0.15, -0.1) is 0 Å². The fourth-order valence-corrected chi connectivity index (χ4v) is 1.64. The highest BCUT2D eigenvalue weighted by Crippen LogP contribution is 2.29. The molecule has 7 heteroatoms. The van der Waals surface area contributed by atoms with E-state index in [9.17, 15) is 22.4 Å². The van der Waals surface area contributed by atoms with Crippen molar-refractivity contribution in [2.45, 2.75) is 6.18 Å². The minimum atomic E-state index is -4.53. The van der Waals surface area contributed by atoms with Gasteiger partial charge < -0.3 is 0 Å². The van der Waals surface area contributed by atoms with Gasteiger partial charge in [0, 0.05) is 11.1 Å². The third-order valence-electron chi connectivity index (χ3n) is 2.73. The quantitative estimate of drug-likeness (QED) is 0.525. The van der Waals surface area contributed by atoms with E-state index in [1.807, 2.05) is 5.43 Å². The second-order valence-electron chi connectivity index (χ2n) is 4.30. The highest BCUT2D eigenvalue weighted by molar-refractivity contribution is 5.95. The number of carbonyl (C=O) groups excluding carboxylic acids is 1. The van der Waals surface area contributed by atoms with Crippen molar-refractivity contribution in [2.24, 2.45) is 5.10 Å². The zero-order valence-electron chi connectivity index (χ0n) is 11.1. The molecule has 0 spiro atoms. The first-order valence-electron chi connectivity index (χ1n) is 6.13. The van der Waals surface area contributed by atoms with Gasteiger partial charge in [-0.25, -0.2) is 9.82 Å². The molecule has 0 aliphatic heterocycles. The Morgan fingerprint density at radius 1 is 1.09 bits per heavy atom. The molecule has 114 valence electrons. The first-order valence-corrected chi connectivity index (χ1v) is 6.13. The molecule has 0 fully saturated rings. The minimum absolute atomic E-state index is 0.145. The SMILES string of the molecule is O=C(N/N=C\c1ccccc1F)c1cccc(C(F)(F)F)c1. The van der Waals surface area contributed by atoms with E-state index >= 15 is 0 Å². The number of alkyl halides is 3. The molecular formula is C15H10F4N2O. The van der Waals surface area contributed by atoms with Gasteiger partial charge in [-0.3, -0.25) is 4.79 Å². The number of nitrogens with one attached hydrogen (secondary N) is 1. The number of hydrogen-bond donors (Lipinski definition) is 1. The number of halogens is 4. The predicted octanol–water partition coefficient (Wildman–Crippen LogP) is 3.61. The van der Waals surface area contributed by atoms with Crippen LogP contribution in [-0.4, -0.2) is 12.1 Å². The van der Waals surface area contributed by atoms with Crippen LogP contribution in [0, 0.1) is 5.82 Å². The second-order valence-corrected chi connectivity index (χ2v) is 4.30. The Morgan fingerprint density at radius 3 is 2.50 bits per heavy atom. The molecule has 0 saturated carbocycles. The van der Waals surface area contributed by atoms with Crippen LogP contribution in [0.25, 0.3) is 0 Å². The molecule has 3 nitrogen and oxygen atoms in total. The molecule has 0 aliphatic carbocycles. The van der Waals surface area contributed by atoms with Crippen molar-refractivity contribution < 1.29 is 22.4 Å². The summed E-state index contributed by atoms with van der Waals surface area (Å²) < 4.78 is 50.9. The van der Waals surface area contributed by atoms with Crippen LogP contribution in [-0.2, 0) is 6.18 Å². The first-order chi connectivity index (χ1) is 10.4. The van der Waals surface area contributed by atoms with Crippen molar-refractivity contribution in [2.75, 3.05) is 0 Å². The maximum Gasteiger partial charge on any atom is 0.416 e. The number of carbonyl (C=O) groups is 1. The van der Waals surface area contributed by atoms with Crippen LogP contribution in [0.4, 0.5) is 17.6 Å². The summed E-state index contributed by atoms with van der Waals surface area (Å²) in [6, 6.07) is 9.66. The summed E-state index contributed by atoms with van der Waals surface area (Å²) in [6.45, 7) is 0. The van der Waals surface area contributed by atoms with Crippen LogP contribution in [0.15, 0.2) is 53.6 Å². The predicted molar refractivity (Wildman–Crippen MR) is 72.9 cm³/mol. The van der Waals surface area contributed by atoms with Gasteiger partial charge in [0.05, 0.1) is 11.8 Å². The Kier molecular flexibility index (Phi) is 4.55. The molecule has 0 bridgehead atoms. The van der Waals surface area contributed by atoms with Crippen molar-refractivity contribution in [3.05, 3.63) is 71.0 Å². The number of hydrazone groups is 1. The van der Waals surface area contributed by atoms with Crippen molar-refractivity contribution in [1.82, 2.24) is 5.43 Å². The fraction of sp³-hybridized carbons (Fsp3) is 0.0667. The Morgan fingerprint density at radius 2 is 1.82 bits per heavy atom. The molecule has 1 N–H and O–H groups in total. The van der Waals surface area contributed by atoms with Gasteiger partial charge in [0.25, 0.3) is 5.91 Å². The van der Waals surface area contributed by atoms with Crippen LogP contribution in [0.2, 0.25) is 0 Å². The smallest absolute Gasteiger partial charge is 0.267 e. The lowest BCUT2D eigenvalue weighted by Crippen LogP contribution is -2.18. The normalized spacial score (nSPS) is 11.6. The van der Waals surface area contributed by atoms with Crippen LogP contribution in [0.5, 0.6) is 0 Å². The summed E-state index contributed by atoms with van der Waals surface area (Å²) in [7, 11) is 0. The standard InChI is InChI=1S/C15H10F4N2O/c16-13-7-2-1-4-11(13)9-20-21-14(22)10-5-3-6-12(8-10)15(17,18)19/h1-9H,(H,21,22)/b20-9-. The molecule has 0 radical (unpaired) electrons. The maximum absolute atomic E-state index is 13.3. The molecule has 2 aromatic rings. The average Bonchev–Trinajstić information content (AvgIpc) is 2.48. The average molecular weight is 310 g/mol. The van der Waals surface area contributed by atoms with Gasteiger partial charge in [-0.1, -0.05) is 24.3 Å². The van der Waals surface area contributed by atoms with E-state index in [4.69, 9.17) is 0 Å². The second kappa shape index (κ2) is 6.38. The van der Waals surface area contributed by atoms with Gasteiger partial charge >= 0.3 is 6.18 Å². The topological polar surface area (TPSA) is 41.5 Å². The van der Waals surface area contributed by atoms with E-state index in [0.717, 1.165) is 18.3 Å². The van der Waals surface area contributed by atoms with Crippen LogP contribution < -0.4 is 5.43 Å². The molecular weight excluding hydrogens is 300 g/mol. The molecule has 0 atom stereocenters. The van der Waals surface area contributed by atoms with Gasteiger partial charge in [0.2, 0.25) is 0 Å². The summed E-state index contributed by atoms with van der Waals surface area (Å²) in [5, 5.41) is 3.52. The third-order valence-corrected chi connectivity index (χ3v) is 2.73. The monoisotopic (exact) mass is 310 g/mol. The summed E-state index contributed by atoms with van der Waals surface area (Å²) in [5.74, 6) is -1.35. The molecule has 22 heavy (non-hydrogen) atoms. The minimum Gasteiger partial charge on any atom is -0.267 e. The van der Waals surface area contributed by atoms with Crippen LogP contribution >= 0.6 is 0 Å². The summed E-state index contributed by atoms with van der Waals surface area (Å²) in [5.41, 5.74) is 1.07. The summed E-state index contributed by atoms with van der Waals surface area (Å²) in [6.07, 6.45) is -3.46. The third kappa shape index (κ3) is 3.91. The van der Waals surface area contributed by atoms with Crippen molar-refractivity contribution in [3.63, 3.8) is 0 Å². The number of amides is 1. The largest absolute Gasteiger partial charge is 0.416 e. The number of rotatable bonds is 3. The van der Waals surface area contributed by atoms with E-state index in [0.29, 0.717) is 6.07 Å². The lowest BCUT2D eigenvalue weighted by atomic mass is 10.1. The Bertz CT molecular complexity index is 711. The zero-order valence-corrected chi connectivity index (χ0v) is 11.1. The van der Waals surface area contributed by atoms with Crippen molar-refractivity contribution in [1.29, 1.82) is 0 Å². The summed E-state index contributed by atoms with van der Waals surface area (Å²) >= 11 is 0. The van der Waals surface area contributed by atoms with E-state index in [2.05, 4.69) is 5.10 Å². The van der Waals surface area contributed by atoms with E-state index in [1.165, 1.54) is 24.3 Å². The fourth-order valence-electron chi connectivity index (χ4n) is 1.64. The Labute approximate surface area is 123 Å². The maximum atomic E-state index is 13.3. The number of benzene rings is 2. The number of hydrogen-bond acceptors (Lipinski definition) is 2. The van der Waals surface area contributed by atoms with Gasteiger partial charge in [-0.2, -0.15) is 18.3 Å². The molecule has 2 aromatic carbocycles. The van der Waals surface area contributed by atoms with Crippen LogP contribution in [0.1, 0.15) is 21.5 Å². The zero-order chi connectivity index (χ0) is 16.2. The molecule has 0 heterocycles. The van der Waals surface area contributed by atoms with Gasteiger partial charge in [0.15, 0.2) is 0 Å².